The highest BCUT2D eigenvalue weighted by molar-refractivity contribution is 5.13. The summed E-state index contributed by atoms with van der Waals surface area (Å²) < 4.78 is 1.36. The van der Waals surface area contributed by atoms with Crippen LogP contribution in [0.5, 0.6) is 0 Å². The monoisotopic (exact) mass is 865 g/mol. The van der Waals surface area contributed by atoms with Crippen LogP contribution in [0, 0.1) is 0 Å². The van der Waals surface area contributed by atoms with Crippen LogP contribution in [-0.2, 0) is 6.54 Å². The Morgan fingerprint density at radius 2 is 0.403 bits per heavy atom. The molecule has 0 aliphatic heterocycles. The molecule has 1 aromatic carbocycles. The summed E-state index contributed by atoms with van der Waals surface area (Å²) in [7, 11) is 0. The van der Waals surface area contributed by atoms with Gasteiger partial charge in [-0.15, -0.1) is 0 Å². The molecule has 62 heavy (non-hydrogen) atoms. The Balaban J connectivity index is 2.45. The number of unbranched alkanes of at least 4 members (excludes halogenated alkanes) is 45. The van der Waals surface area contributed by atoms with Crippen molar-refractivity contribution in [2.45, 2.75) is 336 Å². The molecule has 0 N–H and O–H groups in total. The van der Waals surface area contributed by atoms with Crippen LogP contribution in [0.1, 0.15) is 335 Å². The lowest BCUT2D eigenvalue weighted by Gasteiger charge is -2.39. The Kier molecular flexibility index (Phi) is 47.4. The van der Waals surface area contributed by atoms with E-state index >= 15 is 0 Å². The molecular weight excluding hydrogens is 747 g/mol. The average molecular weight is 866 g/mol. The molecule has 1 heteroatoms. The predicted octanol–water partition coefficient (Wildman–Crippen LogP) is 21.8. The first-order valence-electron chi connectivity index (χ1n) is 29.7. The van der Waals surface area contributed by atoms with Crippen LogP contribution in [0.2, 0.25) is 0 Å². The van der Waals surface area contributed by atoms with Gasteiger partial charge in [-0.2, -0.15) is 0 Å². The van der Waals surface area contributed by atoms with Gasteiger partial charge >= 0.3 is 0 Å². The molecule has 0 saturated carbocycles. The van der Waals surface area contributed by atoms with Gasteiger partial charge in [0.25, 0.3) is 0 Å². The topological polar surface area (TPSA) is 0 Å². The molecule has 0 bridgehead atoms. The highest BCUT2D eigenvalue weighted by Gasteiger charge is 2.26. The lowest BCUT2D eigenvalue weighted by atomic mass is 10.0. The molecule has 1 aromatic rings. The first-order chi connectivity index (χ1) is 30.8. The zero-order valence-corrected chi connectivity index (χ0v) is 43.6. The fourth-order valence-corrected chi connectivity index (χ4v) is 10.5. The third kappa shape index (κ3) is 41.9. The number of rotatable bonds is 53. The van der Waals surface area contributed by atoms with E-state index in [0.29, 0.717) is 0 Å². The molecule has 0 heterocycles. The molecule has 0 aliphatic carbocycles. The molecule has 0 amide bonds. The number of hydrogen-bond acceptors (Lipinski definition) is 0. The molecule has 0 radical (unpaired) electrons. The fourth-order valence-electron chi connectivity index (χ4n) is 10.5. The SMILES string of the molecule is CCCCCCCCCCCCCCCCCC[N+](CCCCCCCCCCCCCCCCCC)(CCCCCCCCCCCCCCCCCC)Cc1ccccc1. The first kappa shape index (κ1) is 59.2. The van der Waals surface area contributed by atoms with Crippen LogP contribution >= 0.6 is 0 Å². The molecular formula is C61H118N+. The van der Waals surface area contributed by atoms with E-state index in [2.05, 4.69) is 51.1 Å². The van der Waals surface area contributed by atoms with Gasteiger partial charge in [0.15, 0.2) is 0 Å². The van der Waals surface area contributed by atoms with Gasteiger partial charge in [0.2, 0.25) is 0 Å². The molecule has 0 aliphatic rings. The maximum atomic E-state index is 2.43. The van der Waals surface area contributed by atoms with Crippen molar-refractivity contribution in [3.05, 3.63) is 35.9 Å². The van der Waals surface area contributed by atoms with E-state index in [1.807, 2.05) is 0 Å². The average Bonchev–Trinajstić information content (AvgIpc) is 3.29. The zero-order valence-electron chi connectivity index (χ0n) is 43.6. The lowest BCUT2D eigenvalue weighted by Crippen LogP contribution is -2.49. The third-order valence-electron chi connectivity index (χ3n) is 14.8. The van der Waals surface area contributed by atoms with Crippen molar-refractivity contribution < 1.29 is 4.48 Å². The maximum absolute atomic E-state index is 2.43. The minimum absolute atomic E-state index is 1.26. The van der Waals surface area contributed by atoms with E-state index in [1.165, 1.54) is 339 Å². The largest absolute Gasteiger partial charge is 0.320 e. The Bertz CT molecular complexity index is 850. The standard InChI is InChI=1S/C61H118N/c1-4-7-10-13-16-19-22-25-28-31-34-37-40-43-46-52-57-62(60-61-55-50-49-51-56-61,58-53-47-44-41-38-35-32-29-26-23-20-17-14-11-8-5-2)59-54-48-45-42-39-36-33-30-27-24-21-18-15-12-9-6-3/h49-51,55-56H,4-48,52-54,57-60H2,1-3H3/q+1. The minimum atomic E-state index is 1.26. The molecule has 0 spiro atoms. The third-order valence-corrected chi connectivity index (χ3v) is 14.8. The molecule has 0 saturated heterocycles. The van der Waals surface area contributed by atoms with Crippen LogP contribution in [0.3, 0.4) is 0 Å². The second-order valence-corrected chi connectivity index (χ2v) is 21.1. The van der Waals surface area contributed by atoms with E-state index in [9.17, 15) is 0 Å². The summed E-state index contributed by atoms with van der Waals surface area (Å²) in [6.07, 6.45) is 70.1. The van der Waals surface area contributed by atoms with Crippen molar-refractivity contribution in [3.63, 3.8) is 0 Å². The van der Waals surface area contributed by atoms with E-state index in [4.69, 9.17) is 0 Å². The molecule has 1 rings (SSSR count). The van der Waals surface area contributed by atoms with Gasteiger partial charge in [0.1, 0.15) is 6.54 Å². The predicted molar refractivity (Wildman–Crippen MR) is 284 cm³/mol. The van der Waals surface area contributed by atoms with Gasteiger partial charge in [0, 0.05) is 5.56 Å². The van der Waals surface area contributed by atoms with Crippen LogP contribution in [0.4, 0.5) is 0 Å². The molecule has 0 atom stereocenters. The van der Waals surface area contributed by atoms with Crippen LogP contribution in [-0.4, -0.2) is 24.1 Å². The van der Waals surface area contributed by atoms with Gasteiger partial charge in [-0.1, -0.05) is 321 Å². The van der Waals surface area contributed by atoms with Crippen molar-refractivity contribution >= 4 is 0 Å². The van der Waals surface area contributed by atoms with Crippen LogP contribution in [0.25, 0.3) is 0 Å². The second kappa shape index (κ2) is 49.6. The summed E-state index contributed by atoms with van der Waals surface area (Å²) in [5.41, 5.74) is 1.58. The van der Waals surface area contributed by atoms with Crippen LogP contribution in [0.15, 0.2) is 30.3 Å². The minimum Gasteiger partial charge on any atom is -0.320 e. The number of hydrogen-bond donors (Lipinski definition) is 0. The van der Waals surface area contributed by atoms with Gasteiger partial charge in [-0.05, 0) is 38.5 Å². The fraction of sp³-hybridized carbons (Fsp3) is 0.902. The van der Waals surface area contributed by atoms with E-state index in [0.717, 1.165) is 0 Å². The van der Waals surface area contributed by atoms with Crippen LogP contribution < -0.4 is 0 Å². The highest BCUT2D eigenvalue weighted by atomic mass is 15.3. The van der Waals surface area contributed by atoms with Gasteiger partial charge in [-0.3, -0.25) is 0 Å². The molecule has 0 unspecified atom stereocenters. The summed E-state index contributed by atoms with van der Waals surface area (Å²) in [6.45, 7) is 12.5. The van der Waals surface area contributed by atoms with Crippen molar-refractivity contribution in [2.75, 3.05) is 19.6 Å². The Labute approximate surface area is 393 Å². The van der Waals surface area contributed by atoms with E-state index in [-0.39, 0.29) is 0 Å². The van der Waals surface area contributed by atoms with E-state index in [1.54, 1.807) is 5.56 Å². The summed E-state index contributed by atoms with van der Waals surface area (Å²) in [5, 5.41) is 0. The maximum Gasteiger partial charge on any atom is 0.104 e. The van der Waals surface area contributed by atoms with Gasteiger partial charge in [0.05, 0.1) is 19.6 Å². The first-order valence-corrected chi connectivity index (χ1v) is 29.7. The van der Waals surface area contributed by atoms with E-state index < -0.39 is 0 Å². The Morgan fingerprint density at radius 1 is 0.226 bits per heavy atom. The summed E-state index contributed by atoms with van der Waals surface area (Å²) in [4.78, 5) is 0. The molecule has 1 nitrogen and oxygen atoms in total. The Morgan fingerprint density at radius 3 is 0.597 bits per heavy atom. The summed E-state index contributed by atoms with van der Waals surface area (Å²) in [6, 6.07) is 11.7. The summed E-state index contributed by atoms with van der Waals surface area (Å²) in [5.74, 6) is 0. The van der Waals surface area contributed by atoms with Crippen molar-refractivity contribution in [1.82, 2.24) is 0 Å². The molecule has 366 valence electrons. The zero-order chi connectivity index (χ0) is 44.4. The highest BCUT2D eigenvalue weighted by Crippen LogP contribution is 2.24. The smallest absolute Gasteiger partial charge is 0.104 e. The van der Waals surface area contributed by atoms with Crippen molar-refractivity contribution in [2.24, 2.45) is 0 Å². The second-order valence-electron chi connectivity index (χ2n) is 21.1. The quantitative estimate of drug-likeness (QED) is 0.0452. The lowest BCUT2D eigenvalue weighted by molar-refractivity contribution is -0.941. The Hall–Kier alpha value is -0.820. The normalized spacial score (nSPS) is 11.9. The number of benzene rings is 1. The van der Waals surface area contributed by atoms with Crippen molar-refractivity contribution in [3.8, 4) is 0 Å². The number of quaternary nitrogens is 1. The summed E-state index contributed by atoms with van der Waals surface area (Å²) >= 11 is 0. The number of nitrogens with zero attached hydrogens (tertiary/aromatic N) is 1. The molecule has 0 fully saturated rings. The van der Waals surface area contributed by atoms with Gasteiger partial charge < -0.3 is 4.48 Å². The van der Waals surface area contributed by atoms with Crippen molar-refractivity contribution in [1.29, 1.82) is 0 Å². The van der Waals surface area contributed by atoms with Gasteiger partial charge in [-0.25, -0.2) is 0 Å². The molecule has 0 aromatic heterocycles.